The summed E-state index contributed by atoms with van der Waals surface area (Å²) < 4.78 is 7.46. The van der Waals surface area contributed by atoms with Crippen molar-refractivity contribution in [2.75, 3.05) is 24.9 Å². The highest BCUT2D eigenvalue weighted by Gasteiger charge is 2.39. The van der Waals surface area contributed by atoms with E-state index < -0.39 is 0 Å². The summed E-state index contributed by atoms with van der Waals surface area (Å²) in [6.07, 6.45) is 2.53. The first-order valence-corrected chi connectivity index (χ1v) is 10.6. The first kappa shape index (κ1) is 19.6. The average Bonchev–Trinajstić information content (AvgIpc) is 3.34. The second kappa shape index (κ2) is 8.04. The molecule has 1 aromatic heterocycles. The molecule has 2 aliphatic heterocycles. The van der Waals surface area contributed by atoms with Crippen molar-refractivity contribution in [1.82, 2.24) is 9.58 Å². The van der Waals surface area contributed by atoms with Crippen molar-refractivity contribution in [1.29, 1.82) is 0 Å². The molecule has 0 bridgehead atoms. The Bertz CT molecular complexity index is 1100. The molecule has 6 nitrogen and oxygen atoms in total. The normalized spacial score (nSPS) is 18.5. The number of pyridine rings is 1. The number of carbonyl (C=O) groups is 1. The average molecular weight is 415 g/mol. The minimum Gasteiger partial charge on any atom is -0.379 e. The molecule has 158 valence electrons. The molecule has 0 radical (unpaired) electrons. The van der Waals surface area contributed by atoms with Gasteiger partial charge in [0.2, 0.25) is 0 Å². The second-order valence-corrected chi connectivity index (χ2v) is 8.10. The van der Waals surface area contributed by atoms with Crippen molar-refractivity contribution in [2.24, 2.45) is 0 Å². The van der Waals surface area contributed by atoms with Gasteiger partial charge in [-0.25, -0.2) is 0 Å². The maximum absolute atomic E-state index is 13.5. The molecular weight excluding hydrogens is 390 g/mol. The number of rotatable bonds is 4. The third-order valence-corrected chi connectivity index (χ3v) is 6.23. The summed E-state index contributed by atoms with van der Waals surface area (Å²) in [5.41, 5.74) is 3.02. The van der Waals surface area contributed by atoms with E-state index in [9.17, 15) is 9.59 Å². The standard InChI is InChI=1S/C25H25N3O3/c1-18-22(29)12-14-27-23(18)25(30)26(21-13-15-31-16-21)17-28(27)24(19-8-4-2-5-9-19)20-10-6-3-7-11-20/h2-12,14,21,24H,13,15-17H2,1H3. The minimum absolute atomic E-state index is 0.00524. The minimum atomic E-state index is -0.125. The SMILES string of the molecule is Cc1c2n(ccc1=O)N(C(c1ccccc1)c1ccccc1)CN(C1CCOC1)C2=O. The van der Waals surface area contributed by atoms with Gasteiger partial charge in [-0.05, 0) is 24.5 Å². The number of aromatic nitrogens is 1. The van der Waals surface area contributed by atoms with Crippen LogP contribution in [0.1, 0.15) is 39.6 Å². The highest BCUT2D eigenvalue weighted by molar-refractivity contribution is 5.95. The van der Waals surface area contributed by atoms with Crippen LogP contribution in [-0.2, 0) is 4.74 Å². The Morgan fingerprint density at radius 2 is 1.58 bits per heavy atom. The van der Waals surface area contributed by atoms with E-state index in [2.05, 4.69) is 29.3 Å². The summed E-state index contributed by atoms with van der Waals surface area (Å²) in [5.74, 6) is -0.109. The van der Waals surface area contributed by atoms with Crippen molar-refractivity contribution in [2.45, 2.75) is 25.4 Å². The molecule has 1 atom stereocenters. The van der Waals surface area contributed by atoms with Crippen molar-refractivity contribution >= 4 is 5.91 Å². The first-order valence-electron chi connectivity index (χ1n) is 10.6. The molecule has 1 saturated heterocycles. The lowest BCUT2D eigenvalue weighted by Crippen LogP contribution is -2.58. The quantitative estimate of drug-likeness (QED) is 0.657. The lowest BCUT2D eigenvalue weighted by molar-refractivity contribution is 0.0569. The summed E-state index contributed by atoms with van der Waals surface area (Å²) in [5, 5.41) is 2.17. The number of fused-ring (bicyclic) bond motifs is 1. The summed E-state index contributed by atoms with van der Waals surface area (Å²) in [7, 11) is 0. The number of ether oxygens (including phenoxy) is 1. The lowest BCUT2D eigenvalue weighted by Gasteiger charge is -2.45. The van der Waals surface area contributed by atoms with Gasteiger partial charge in [0.05, 0.1) is 18.7 Å². The number of hydrogen-bond acceptors (Lipinski definition) is 4. The molecule has 0 spiro atoms. The van der Waals surface area contributed by atoms with Crippen molar-refractivity contribution in [3.8, 4) is 0 Å². The van der Waals surface area contributed by atoms with Crippen LogP contribution in [0.25, 0.3) is 0 Å². The highest BCUT2D eigenvalue weighted by atomic mass is 16.5. The van der Waals surface area contributed by atoms with E-state index in [1.54, 1.807) is 19.2 Å². The molecule has 3 aromatic rings. The number of amides is 1. The fourth-order valence-corrected chi connectivity index (χ4v) is 4.59. The van der Waals surface area contributed by atoms with Crippen LogP contribution in [0.3, 0.4) is 0 Å². The van der Waals surface area contributed by atoms with Crippen molar-refractivity contribution in [3.63, 3.8) is 0 Å². The third-order valence-electron chi connectivity index (χ3n) is 6.23. The van der Waals surface area contributed by atoms with Gasteiger partial charge < -0.3 is 9.64 Å². The molecule has 5 rings (SSSR count). The molecule has 2 aromatic carbocycles. The zero-order chi connectivity index (χ0) is 21.4. The summed E-state index contributed by atoms with van der Waals surface area (Å²) in [6.45, 7) is 3.32. The number of nitrogens with zero attached hydrogens (tertiary/aromatic N) is 3. The van der Waals surface area contributed by atoms with Crippen LogP contribution < -0.4 is 10.4 Å². The Morgan fingerprint density at radius 3 is 2.16 bits per heavy atom. The fourth-order valence-electron chi connectivity index (χ4n) is 4.59. The van der Waals surface area contributed by atoms with Gasteiger partial charge in [-0.1, -0.05) is 60.7 Å². The Labute approximate surface area is 181 Å². The van der Waals surface area contributed by atoms with Crippen molar-refractivity contribution in [3.05, 3.63) is 106 Å². The summed E-state index contributed by atoms with van der Waals surface area (Å²) in [6, 6.07) is 22.0. The lowest BCUT2D eigenvalue weighted by atomic mass is 9.97. The molecule has 2 aliphatic rings. The molecule has 0 saturated carbocycles. The van der Waals surface area contributed by atoms with E-state index in [1.165, 1.54) is 0 Å². The Kier molecular flexibility index (Phi) is 5.08. The van der Waals surface area contributed by atoms with E-state index >= 15 is 0 Å². The monoisotopic (exact) mass is 415 g/mol. The molecule has 1 fully saturated rings. The second-order valence-electron chi connectivity index (χ2n) is 8.10. The molecule has 6 heteroatoms. The van der Waals surface area contributed by atoms with Gasteiger partial charge in [-0.2, -0.15) is 0 Å². The summed E-state index contributed by atoms with van der Waals surface area (Å²) >= 11 is 0. The predicted molar refractivity (Wildman–Crippen MR) is 119 cm³/mol. The number of benzene rings is 2. The molecule has 1 unspecified atom stereocenters. The molecular formula is C25H25N3O3. The molecule has 0 aliphatic carbocycles. The maximum atomic E-state index is 13.5. The zero-order valence-corrected chi connectivity index (χ0v) is 17.5. The first-order chi connectivity index (χ1) is 15.1. The molecule has 3 heterocycles. The number of carbonyl (C=O) groups excluding carboxylic acids is 1. The largest absolute Gasteiger partial charge is 0.379 e. The van der Waals surface area contributed by atoms with Gasteiger partial charge in [-0.3, -0.25) is 19.3 Å². The van der Waals surface area contributed by atoms with E-state index in [-0.39, 0.29) is 23.4 Å². The topological polar surface area (TPSA) is 54.8 Å². The maximum Gasteiger partial charge on any atom is 0.274 e. The van der Waals surface area contributed by atoms with Gasteiger partial charge in [0, 0.05) is 24.4 Å². The van der Waals surface area contributed by atoms with Gasteiger partial charge in [0.15, 0.2) is 5.43 Å². The van der Waals surface area contributed by atoms with Crippen LogP contribution in [0, 0.1) is 6.92 Å². The van der Waals surface area contributed by atoms with Crippen LogP contribution in [0.2, 0.25) is 0 Å². The number of hydrogen-bond donors (Lipinski definition) is 0. The molecule has 0 N–H and O–H groups in total. The summed E-state index contributed by atoms with van der Waals surface area (Å²) in [4.78, 5) is 27.8. The van der Waals surface area contributed by atoms with Gasteiger partial charge >= 0.3 is 0 Å². The van der Waals surface area contributed by atoms with Crippen LogP contribution in [0.4, 0.5) is 0 Å². The Hall–Kier alpha value is -3.38. The van der Waals surface area contributed by atoms with E-state index in [4.69, 9.17) is 4.74 Å². The van der Waals surface area contributed by atoms with Gasteiger partial charge in [0.25, 0.3) is 5.91 Å². The molecule has 1 amide bonds. The van der Waals surface area contributed by atoms with E-state index in [1.807, 2.05) is 46.0 Å². The van der Waals surface area contributed by atoms with E-state index in [0.717, 1.165) is 17.5 Å². The van der Waals surface area contributed by atoms with Crippen LogP contribution in [0.5, 0.6) is 0 Å². The van der Waals surface area contributed by atoms with Gasteiger partial charge in [-0.15, -0.1) is 0 Å². The Morgan fingerprint density at radius 1 is 0.935 bits per heavy atom. The molecule has 31 heavy (non-hydrogen) atoms. The van der Waals surface area contributed by atoms with Crippen LogP contribution in [0.15, 0.2) is 77.7 Å². The van der Waals surface area contributed by atoms with E-state index in [0.29, 0.717) is 31.1 Å². The predicted octanol–water partition coefficient (Wildman–Crippen LogP) is 3.09. The fraction of sp³-hybridized carbons (Fsp3) is 0.280. The van der Waals surface area contributed by atoms with Crippen LogP contribution in [-0.4, -0.2) is 41.4 Å². The van der Waals surface area contributed by atoms with Crippen molar-refractivity contribution < 1.29 is 9.53 Å². The van der Waals surface area contributed by atoms with Crippen LogP contribution >= 0.6 is 0 Å². The smallest absolute Gasteiger partial charge is 0.274 e. The zero-order valence-electron chi connectivity index (χ0n) is 17.5. The highest BCUT2D eigenvalue weighted by Crippen LogP contribution is 2.32. The van der Waals surface area contributed by atoms with Gasteiger partial charge in [0.1, 0.15) is 12.4 Å². The third kappa shape index (κ3) is 3.43. The Balaban J connectivity index is 1.70.